The molecule has 0 unspecified atom stereocenters. The highest BCUT2D eigenvalue weighted by atomic mass is 16.6. The number of carbonyl (C=O) groups excluding carboxylic acids is 3. The molecule has 3 amide bonds. The number of nitrogens with one attached hydrogen (secondary N) is 1. The first-order valence-corrected chi connectivity index (χ1v) is 7.67. The lowest BCUT2D eigenvalue weighted by molar-refractivity contribution is -0.126. The van der Waals surface area contributed by atoms with E-state index in [1.54, 1.807) is 12.1 Å². The number of hydrogen-bond donors (Lipinski definition) is 1. The van der Waals surface area contributed by atoms with Gasteiger partial charge < -0.3 is 14.5 Å². The van der Waals surface area contributed by atoms with E-state index in [0.29, 0.717) is 5.76 Å². The van der Waals surface area contributed by atoms with Crippen molar-refractivity contribution < 1.29 is 23.5 Å². The lowest BCUT2D eigenvalue weighted by atomic mass is 10.1. The number of benzene rings is 1. The molecule has 1 aromatic carbocycles. The predicted octanol–water partition coefficient (Wildman–Crippen LogP) is 2.13. The van der Waals surface area contributed by atoms with Gasteiger partial charge in [0.2, 0.25) is 5.91 Å². The van der Waals surface area contributed by atoms with E-state index in [0.717, 1.165) is 10.5 Å². The smallest absolute Gasteiger partial charge is 0.417 e. The van der Waals surface area contributed by atoms with Gasteiger partial charge in [0.15, 0.2) is 6.61 Å². The normalized spacial score (nSPS) is 15.4. The summed E-state index contributed by atoms with van der Waals surface area (Å²) in [6, 6.07) is 12.0. The number of imide groups is 1. The van der Waals surface area contributed by atoms with Crippen LogP contribution in [0.4, 0.5) is 4.79 Å². The molecule has 1 saturated heterocycles. The van der Waals surface area contributed by atoms with Gasteiger partial charge in [-0.25, -0.2) is 9.69 Å². The molecule has 0 saturated carbocycles. The van der Waals surface area contributed by atoms with Crippen molar-refractivity contribution >= 4 is 24.0 Å². The topological polar surface area (TPSA) is 88.8 Å². The van der Waals surface area contributed by atoms with Crippen molar-refractivity contribution in [1.29, 1.82) is 0 Å². The molecule has 1 atom stereocenters. The standard InChI is InChI=1S/C18H16N2O5/c21-16(9-8-14-7-4-10-24-14)19-15(13-5-2-1-3-6-13)11-20-17(22)12-25-18(20)23/h1-10,15H,11-12H2,(H,19,21)/b9-8+/t15-/m0/s1. The first kappa shape index (κ1) is 16.5. The molecule has 0 aliphatic carbocycles. The van der Waals surface area contributed by atoms with Crippen LogP contribution in [0.1, 0.15) is 17.4 Å². The number of furan rings is 1. The predicted molar refractivity (Wildman–Crippen MR) is 88.1 cm³/mol. The van der Waals surface area contributed by atoms with E-state index < -0.39 is 18.0 Å². The number of rotatable bonds is 6. The molecule has 128 valence electrons. The van der Waals surface area contributed by atoms with E-state index in [2.05, 4.69) is 5.32 Å². The fraction of sp³-hybridized carbons (Fsp3) is 0.167. The van der Waals surface area contributed by atoms with Crippen molar-refractivity contribution in [3.63, 3.8) is 0 Å². The number of cyclic esters (lactones) is 1. The molecule has 1 fully saturated rings. The van der Waals surface area contributed by atoms with Crippen LogP contribution in [0, 0.1) is 0 Å². The van der Waals surface area contributed by atoms with Crippen molar-refractivity contribution in [1.82, 2.24) is 10.2 Å². The third-order valence-electron chi connectivity index (χ3n) is 3.67. The summed E-state index contributed by atoms with van der Waals surface area (Å²) < 4.78 is 9.84. The van der Waals surface area contributed by atoms with Crippen LogP contribution in [0.25, 0.3) is 6.08 Å². The number of amides is 3. The van der Waals surface area contributed by atoms with Crippen LogP contribution in [0.5, 0.6) is 0 Å². The van der Waals surface area contributed by atoms with Gasteiger partial charge >= 0.3 is 6.09 Å². The summed E-state index contributed by atoms with van der Waals surface area (Å²) in [5.74, 6) is -0.249. The summed E-state index contributed by atoms with van der Waals surface area (Å²) in [6.07, 6.45) is 3.67. The van der Waals surface area contributed by atoms with Crippen LogP contribution >= 0.6 is 0 Å². The van der Waals surface area contributed by atoms with Gasteiger partial charge in [-0.3, -0.25) is 9.59 Å². The average Bonchev–Trinajstić information content (AvgIpc) is 3.25. The molecular weight excluding hydrogens is 324 g/mol. The van der Waals surface area contributed by atoms with E-state index in [1.807, 2.05) is 30.3 Å². The highest BCUT2D eigenvalue weighted by molar-refractivity contribution is 5.98. The fourth-order valence-corrected chi connectivity index (χ4v) is 2.42. The molecule has 1 aliphatic rings. The Kier molecular flexibility index (Phi) is 4.94. The third kappa shape index (κ3) is 4.14. The SMILES string of the molecule is O=C(/C=C/c1ccco1)N[C@@H](CN1C(=O)COC1=O)c1ccccc1. The van der Waals surface area contributed by atoms with E-state index >= 15 is 0 Å². The minimum absolute atomic E-state index is 0.00200. The summed E-state index contributed by atoms with van der Waals surface area (Å²) in [5, 5.41) is 2.79. The van der Waals surface area contributed by atoms with Gasteiger partial charge in [-0.05, 0) is 23.8 Å². The second kappa shape index (κ2) is 7.48. The maximum atomic E-state index is 12.2. The minimum atomic E-state index is -0.702. The molecule has 7 nitrogen and oxygen atoms in total. The Balaban J connectivity index is 1.73. The molecule has 2 heterocycles. The number of carbonyl (C=O) groups is 3. The third-order valence-corrected chi connectivity index (χ3v) is 3.67. The van der Waals surface area contributed by atoms with Gasteiger partial charge in [-0.1, -0.05) is 30.3 Å². The number of nitrogens with zero attached hydrogens (tertiary/aromatic N) is 1. The summed E-state index contributed by atoms with van der Waals surface area (Å²) in [6.45, 7) is -0.269. The largest absolute Gasteiger partial charge is 0.465 e. The van der Waals surface area contributed by atoms with Gasteiger partial charge in [0.25, 0.3) is 5.91 Å². The molecule has 2 aromatic rings. The van der Waals surface area contributed by atoms with Crippen LogP contribution in [-0.2, 0) is 14.3 Å². The molecule has 1 aliphatic heterocycles. The maximum absolute atomic E-state index is 12.2. The molecule has 0 radical (unpaired) electrons. The second-order valence-corrected chi connectivity index (χ2v) is 5.38. The summed E-state index contributed by atoms with van der Waals surface area (Å²) in [7, 11) is 0. The molecule has 3 rings (SSSR count). The van der Waals surface area contributed by atoms with E-state index in [9.17, 15) is 14.4 Å². The molecule has 0 bridgehead atoms. The van der Waals surface area contributed by atoms with E-state index in [4.69, 9.17) is 9.15 Å². The Labute approximate surface area is 143 Å². The Hall–Kier alpha value is -3.35. The average molecular weight is 340 g/mol. The van der Waals surface area contributed by atoms with Crippen molar-refractivity contribution in [3.8, 4) is 0 Å². The van der Waals surface area contributed by atoms with Gasteiger partial charge in [-0.2, -0.15) is 0 Å². The Morgan fingerprint density at radius 1 is 1.20 bits per heavy atom. The zero-order valence-electron chi connectivity index (χ0n) is 13.3. The summed E-state index contributed by atoms with van der Waals surface area (Å²) >= 11 is 0. The lowest BCUT2D eigenvalue weighted by Crippen LogP contribution is -2.40. The molecule has 7 heteroatoms. The van der Waals surface area contributed by atoms with Crippen molar-refractivity contribution in [2.24, 2.45) is 0 Å². The van der Waals surface area contributed by atoms with E-state index in [1.165, 1.54) is 18.4 Å². The molecule has 1 aromatic heterocycles. The van der Waals surface area contributed by atoms with Gasteiger partial charge in [0.1, 0.15) is 5.76 Å². The summed E-state index contributed by atoms with van der Waals surface area (Å²) in [4.78, 5) is 36.6. The zero-order chi connectivity index (χ0) is 17.6. The molecule has 0 spiro atoms. The monoisotopic (exact) mass is 340 g/mol. The van der Waals surface area contributed by atoms with Crippen molar-refractivity contribution in [3.05, 3.63) is 66.1 Å². The fourth-order valence-electron chi connectivity index (χ4n) is 2.42. The number of hydrogen-bond acceptors (Lipinski definition) is 5. The van der Waals surface area contributed by atoms with Crippen LogP contribution in [0.2, 0.25) is 0 Å². The molecule has 1 N–H and O–H groups in total. The Bertz CT molecular complexity index is 767. The quantitative estimate of drug-likeness (QED) is 0.814. The van der Waals surface area contributed by atoms with Crippen LogP contribution in [0.3, 0.4) is 0 Å². The number of ether oxygens (including phenoxy) is 1. The van der Waals surface area contributed by atoms with Crippen molar-refractivity contribution in [2.75, 3.05) is 13.2 Å². The zero-order valence-corrected chi connectivity index (χ0v) is 13.3. The maximum Gasteiger partial charge on any atom is 0.417 e. The molecule has 25 heavy (non-hydrogen) atoms. The minimum Gasteiger partial charge on any atom is -0.465 e. The van der Waals surface area contributed by atoms with Crippen LogP contribution < -0.4 is 5.32 Å². The van der Waals surface area contributed by atoms with Crippen LogP contribution in [-0.4, -0.2) is 36.0 Å². The molecular formula is C18H16N2O5. The van der Waals surface area contributed by atoms with Gasteiger partial charge in [-0.15, -0.1) is 0 Å². The highest BCUT2D eigenvalue weighted by Gasteiger charge is 2.33. The van der Waals surface area contributed by atoms with Crippen LogP contribution in [0.15, 0.2) is 59.2 Å². The first-order chi connectivity index (χ1) is 12.1. The lowest BCUT2D eigenvalue weighted by Gasteiger charge is -2.22. The van der Waals surface area contributed by atoms with E-state index in [-0.39, 0.29) is 19.1 Å². The Morgan fingerprint density at radius 3 is 2.64 bits per heavy atom. The van der Waals surface area contributed by atoms with Gasteiger partial charge in [0, 0.05) is 6.08 Å². The highest BCUT2D eigenvalue weighted by Crippen LogP contribution is 2.17. The second-order valence-electron chi connectivity index (χ2n) is 5.38. The first-order valence-electron chi connectivity index (χ1n) is 7.67. The van der Waals surface area contributed by atoms with Crippen molar-refractivity contribution in [2.45, 2.75) is 6.04 Å². The Morgan fingerprint density at radius 2 is 2.00 bits per heavy atom. The summed E-state index contributed by atoms with van der Waals surface area (Å²) in [5.41, 5.74) is 0.773. The van der Waals surface area contributed by atoms with Gasteiger partial charge in [0.05, 0.1) is 18.8 Å².